The van der Waals surface area contributed by atoms with E-state index in [-0.39, 0.29) is 0 Å². The fourth-order valence-corrected chi connectivity index (χ4v) is 3.07. The molecule has 0 aliphatic rings. The quantitative estimate of drug-likeness (QED) is 0.674. The molecule has 0 saturated carbocycles. The van der Waals surface area contributed by atoms with Crippen molar-refractivity contribution in [3.05, 3.63) is 58.9 Å². The molecule has 4 heteroatoms. The first kappa shape index (κ1) is 17.5. The Balaban J connectivity index is 1.75. The zero-order chi connectivity index (χ0) is 18.0. The van der Waals surface area contributed by atoms with E-state index in [0.29, 0.717) is 6.61 Å². The lowest BCUT2D eigenvalue weighted by Crippen LogP contribution is -2.10. The highest BCUT2D eigenvalue weighted by molar-refractivity contribution is 5.78. The lowest BCUT2D eigenvalue weighted by molar-refractivity contribution is 0.183. The van der Waals surface area contributed by atoms with Gasteiger partial charge in [0.1, 0.15) is 17.7 Å². The van der Waals surface area contributed by atoms with Crippen molar-refractivity contribution < 1.29 is 9.84 Å². The number of aryl methyl sites for hydroxylation is 4. The molecule has 0 amide bonds. The number of imidazole rings is 1. The molecule has 0 aliphatic heterocycles. The van der Waals surface area contributed by atoms with Crippen LogP contribution in [0.5, 0.6) is 5.75 Å². The summed E-state index contributed by atoms with van der Waals surface area (Å²) in [5, 5.41) is 10.1. The van der Waals surface area contributed by atoms with E-state index in [0.717, 1.165) is 35.6 Å². The van der Waals surface area contributed by atoms with Gasteiger partial charge in [0.15, 0.2) is 0 Å². The molecule has 1 heterocycles. The Bertz CT molecular complexity index is 881. The summed E-state index contributed by atoms with van der Waals surface area (Å²) in [5.41, 5.74) is 5.67. The molecule has 2 aromatic carbocycles. The summed E-state index contributed by atoms with van der Waals surface area (Å²) in [6, 6.07) is 12.3. The second-order valence-corrected chi connectivity index (χ2v) is 6.74. The Morgan fingerprint density at radius 3 is 2.60 bits per heavy atom. The van der Waals surface area contributed by atoms with Gasteiger partial charge in [-0.25, -0.2) is 4.98 Å². The third-order valence-electron chi connectivity index (χ3n) is 4.55. The summed E-state index contributed by atoms with van der Waals surface area (Å²) in [5.74, 6) is 1.62. The fraction of sp³-hybridized carbons (Fsp3) is 0.381. The van der Waals surface area contributed by atoms with Crippen LogP contribution in [0.3, 0.4) is 0 Å². The van der Waals surface area contributed by atoms with E-state index >= 15 is 0 Å². The summed E-state index contributed by atoms with van der Waals surface area (Å²) in [7, 11) is 0. The number of nitrogens with zero attached hydrogens (tertiary/aromatic N) is 2. The summed E-state index contributed by atoms with van der Waals surface area (Å²) in [4.78, 5) is 4.63. The van der Waals surface area contributed by atoms with Gasteiger partial charge in [-0.05, 0) is 75.1 Å². The van der Waals surface area contributed by atoms with Gasteiger partial charge in [0.05, 0.1) is 17.6 Å². The van der Waals surface area contributed by atoms with E-state index in [1.165, 1.54) is 16.7 Å². The maximum Gasteiger partial charge on any atom is 0.138 e. The summed E-state index contributed by atoms with van der Waals surface area (Å²) in [6.07, 6.45) is 0.261. The van der Waals surface area contributed by atoms with Crippen molar-refractivity contribution in [2.75, 3.05) is 6.61 Å². The van der Waals surface area contributed by atoms with Crippen molar-refractivity contribution in [2.24, 2.45) is 0 Å². The molecule has 25 heavy (non-hydrogen) atoms. The van der Waals surface area contributed by atoms with Crippen molar-refractivity contribution >= 4 is 11.0 Å². The molecule has 132 valence electrons. The smallest absolute Gasteiger partial charge is 0.138 e. The molecule has 0 saturated heterocycles. The topological polar surface area (TPSA) is 47.3 Å². The van der Waals surface area contributed by atoms with Crippen LogP contribution >= 0.6 is 0 Å². The predicted octanol–water partition coefficient (Wildman–Crippen LogP) is 4.48. The average Bonchev–Trinajstić information content (AvgIpc) is 2.90. The Labute approximate surface area is 149 Å². The van der Waals surface area contributed by atoms with Gasteiger partial charge in [-0.1, -0.05) is 12.1 Å². The van der Waals surface area contributed by atoms with Gasteiger partial charge >= 0.3 is 0 Å². The maximum absolute atomic E-state index is 10.1. The Morgan fingerprint density at radius 1 is 1.12 bits per heavy atom. The van der Waals surface area contributed by atoms with Crippen molar-refractivity contribution in [2.45, 2.75) is 46.8 Å². The number of rotatable bonds is 6. The molecule has 1 aromatic heterocycles. The first-order chi connectivity index (χ1) is 12.0. The molecule has 3 aromatic rings. The lowest BCUT2D eigenvalue weighted by Gasteiger charge is -2.12. The molecule has 0 fully saturated rings. The number of hydrogen-bond acceptors (Lipinski definition) is 3. The van der Waals surface area contributed by atoms with Crippen LogP contribution in [0.15, 0.2) is 36.4 Å². The van der Waals surface area contributed by atoms with Crippen LogP contribution in [-0.2, 0) is 6.54 Å². The summed E-state index contributed by atoms with van der Waals surface area (Å²) >= 11 is 0. The minimum absolute atomic E-state index is 0.592. The number of aromatic nitrogens is 2. The second kappa shape index (κ2) is 7.28. The average molecular weight is 338 g/mol. The minimum atomic E-state index is -0.592. The Kier molecular flexibility index (Phi) is 5.09. The van der Waals surface area contributed by atoms with Gasteiger partial charge in [-0.15, -0.1) is 0 Å². The molecule has 0 aliphatic carbocycles. The van der Waals surface area contributed by atoms with Gasteiger partial charge in [0.2, 0.25) is 0 Å². The normalized spacial score (nSPS) is 12.5. The highest BCUT2D eigenvalue weighted by Gasteiger charge is 2.15. The van der Waals surface area contributed by atoms with E-state index < -0.39 is 6.10 Å². The van der Waals surface area contributed by atoms with E-state index in [1.54, 1.807) is 6.92 Å². The number of aliphatic hydroxyl groups is 1. The number of fused-ring (bicyclic) bond motifs is 1. The van der Waals surface area contributed by atoms with Crippen molar-refractivity contribution in [3.8, 4) is 5.75 Å². The highest BCUT2D eigenvalue weighted by Crippen LogP contribution is 2.24. The molecule has 0 radical (unpaired) electrons. The molecule has 0 spiro atoms. The number of hydrogen-bond donors (Lipinski definition) is 1. The van der Waals surface area contributed by atoms with Crippen molar-refractivity contribution in [1.82, 2.24) is 9.55 Å². The molecular weight excluding hydrogens is 312 g/mol. The predicted molar refractivity (Wildman–Crippen MR) is 101 cm³/mol. The number of benzene rings is 2. The van der Waals surface area contributed by atoms with Crippen LogP contribution in [0.25, 0.3) is 11.0 Å². The van der Waals surface area contributed by atoms with E-state index in [4.69, 9.17) is 4.74 Å². The summed E-state index contributed by atoms with van der Waals surface area (Å²) in [6.45, 7) is 9.42. The Hall–Kier alpha value is -2.33. The molecular formula is C21H26N2O2. The minimum Gasteiger partial charge on any atom is -0.494 e. The van der Waals surface area contributed by atoms with Gasteiger partial charge in [0, 0.05) is 6.54 Å². The van der Waals surface area contributed by atoms with Crippen LogP contribution in [-0.4, -0.2) is 21.3 Å². The van der Waals surface area contributed by atoms with Crippen molar-refractivity contribution in [3.63, 3.8) is 0 Å². The zero-order valence-electron chi connectivity index (χ0n) is 15.4. The SMILES string of the molecule is Cc1cccc(OCCCn2c(C(C)O)nc3cc(C)c(C)cc32)c1. The van der Waals surface area contributed by atoms with Crippen LogP contribution in [0.2, 0.25) is 0 Å². The zero-order valence-corrected chi connectivity index (χ0v) is 15.4. The monoisotopic (exact) mass is 338 g/mol. The number of ether oxygens (including phenoxy) is 1. The van der Waals surface area contributed by atoms with Crippen LogP contribution in [0.4, 0.5) is 0 Å². The van der Waals surface area contributed by atoms with Crippen LogP contribution < -0.4 is 4.74 Å². The van der Waals surface area contributed by atoms with Gasteiger partial charge in [-0.2, -0.15) is 0 Å². The highest BCUT2D eigenvalue weighted by atomic mass is 16.5. The summed E-state index contributed by atoms with van der Waals surface area (Å²) < 4.78 is 7.96. The molecule has 4 nitrogen and oxygen atoms in total. The maximum atomic E-state index is 10.1. The van der Waals surface area contributed by atoms with Gasteiger partial charge in [0.25, 0.3) is 0 Å². The molecule has 1 unspecified atom stereocenters. The lowest BCUT2D eigenvalue weighted by atomic mass is 10.1. The standard InChI is InChI=1S/C21H26N2O2/c1-14-7-5-8-18(11-14)25-10-6-9-23-20-13-16(3)15(2)12-19(20)22-21(23)17(4)24/h5,7-8,11-13,17,24H,6,9-10H2,1-4H3. The van der Waals surface area contributed by atoms with E-state index in [1.807, 2.05) is 18.2 Å². The molecule has 0 bridgehead atoms. The number of aliphatic hydroxyl groups excluding tert-OH is 1. The molecule has 3 rings (SSSR count). The first-order valence-electron chi connectivity index (χ1n) is 8.80. The van der Waals surface area contributed by atoms with Gasteiger partial charge < -0.3 is 14.4 Å². The third kappa shape index (κ3) is 3.85. The van der Waals surface area contributed by atoms with Crippen molar-refractivity contribution in [1.29, 1.82) is 0 Å². The molecule has 1 atom stereocenters. The third-order valence-corrected chi connectivity index (χ3v) is 4.55. The second-order valence-electron chi connectivity index (χ2n) is 6.74. The first-order valence-corrected chi connectivity index (χ1v) is 8.80. The fourth-order valence-electron chi connectivity index (χ4n) is 3.07. The largest absolute Gasteiger partial charge is 0.494 e. The van der Waals surface area contributed by atoms with Crippen LogP contribution in [0.1, 0.15) is 42.0 Å². The van der Waals surface area contributed by atoms with E-state index in [9.17, 15) is 5.11 Å². The van der Waals surface area contributed by atoms with Crippen LogP contribution in [0, 0.1) is 20.8 Å². The molecule has 1 N–H and O–H groups in total. The van der Waals surface area contributed by atoms with Gasteiger partial charge in [-0.3, -0.25) is 0 Å². The Morgan fingerprint density at radius 2 is 1.88 bits per heavy atom. The van der Waals surface area contributed by atoms with E-state index in [2.05, 4.69) is 48.5 Å².